The lowest BCUT2D eigenvalue weighted by molar-refractivity contribution is 0.459. The van der Waals surface area contributed by atoms with Gasteiger partial charge in [-0.1, -0.05) is 18.2 Å². The summed E-state index contributed by atoms with van der Waals surface area (Å²) < 4.78 is 31.8. The molecular formula is C15H16N2O3S. The summed E-state index contributed by atoms with van der Waals surface area (Å²) >= 11 is 0. The molecule has 2 heterocycles. The Morgan fingerprint density at radius 1 is 1.00 bits per heavy atom. The molecule has 1 saturated heterocycles. The average molecular weight is 304 g/mol. The molecule has 1 aromatic heterocycles. The molecule has 0 saturated carbocycles. The molecule has 1 aliphatic rings. The molecule has 0 amide bonds. The van der Waals surface area contributed by atoms with Crippen molar-refractivity contribution in [3.63, 3.8) is 0 Å². The molecule has 0 aliphatic carbocycles. The second kappa shape index (κ2) is 5.83. The van der Waals surface area contributed by atoms with Crippen LogP contribution in [0.25, 0.3) is 0 Å². The van der Waals surface area contributed by atoms with E-state index in [9.17, 15) is 8.42 Å². The maximum Gasteiger partial charge on any atom is 0.244 e. The third kappa shape index (κ3) is 3.06. The number of rotatable bonds is 4. The van der Waals surface area contributed by atoms with E-state index in [1.54, 1.807) is 12.1 Å². The molecule has 2 aromatic rings. The van der Waals surface area contributed by atoms with E-state index in [0.29, 0.717) is 24.7 Å². The smallest absolute Gasteiger partial charge is 0.244 e. The Morgan fingerprint density at radius 3 is 2.33 bits per heavy atom. The topological polar surface area (TPSA) is 59.5 Å². The molecule has 0 bridgehead atoms. The van der Waals surface area contributed by atoms with E-state index in [-0.39, 0.29) is 4.90 Å². The molecule has 0 unspecified atom stereocenters. The van der Waals surface area contributed by atoms with Gasteiger partial charge in [0.15, 0.2) is 0 Å². The zero-order valence-corrected chi connectivity index (χ0v) is 12.3. The van der Waals surface area contributed by atoms with E-state index in [1.807, 2.05) is 30.3 Å². The van der Waals surface area contributed by atoms with Gasteiger partial charge >= 0.3 is 0 Å². The Morgan fingerprint density at radius 2 is 1.71 bits per heavy atom. The van der Waals surface area contributed by atoms with Crippen LogP contribution < -0.4 is 4.74 Å². The van der Waals surface area contributed by atoms with Gasteiger partial charge in [-0.2, -0.15) is 4.31 Å². The van der Waals surface area contributed by atoms with Gasteiger partial charge in [-0.3, -0.25) is 0 Å². The summed E-state index contributed by atoms with van der Waals surface area (Å²) in [5.74, 6) is 1.04. The molecule has 6 heteroatoms. The van der Waals surface area contributed by atoms with Gasteiger partial charge in [0.1, 0.15) is 10.6 Å². The molecule has 21 heavy (non-hydrogen) atoms. The molecular weight excluding hydrogens is 288 g/mol. The van der Waals surface area contributed by atoms with Crippen molar-refractivity contribution < 1.29 is 13.2 Å². The minimum Gasteiger partial charge on any atom is -0.439 e. The fraction of sp³-hybridized carbons (Fsp3) is 0.267. The zero-order chi connectivity index (χ0) is 14.7. The van der Waals surface area contributed by atoms with Gasteiger partial charge in [0.25, 0.3) is 0 Å². The molecule has 110 valence electrons. The molecule has 0 N–H and O–H groups in total. The van der Waals surface area contributed by atoms with Crippen molar-refractivity contribution in [1.29, 1.82) is 0 Å². The van der Waals surface area contributed by atoms with Crippen LogP contribution in [-0.2, 0) is 10.0 Å². The van der Waals surface area contributed by atoms with Crippen molar-refractivity contribution in [2.45, 2.75) is 17.7 Å². The second-order valence-corrected chi connectivity index (χ2v) is 6.80. The van der Waals surface area contributed by atoms with E-state index in [0.717, 1.165) is 12.8 Å². The molecule has 1 aliphatic heterocycles. The lowest BCUT2D eigenvalue weighted by Gasteiger charge is -2.15. The van der Waals surface area contributed by atoms with Gasteiger partial charge in [-0.05, 0) is 31.0 Å². The SMILES string of the molecule is O=S(=O)(c1ccc(Oc2ccccc2)nc1)N1CCCC1. The maximum atomic E-state index is 12.3. The van der Waals surface area contributed by atoms with Crippen LogP contribution in [0, 0.1) is 0 Å². The summed E-state index contributed by atoms with van der Waals surface area (Å²) in [5, 5.41) is 0. The first-order valence-corrected chi connectivity index (χ1v) is 8.29. The first kappa shape index (κ1) is 14.0. The highest BCUT2D eigenvalue weighted by molar-refractivity contribution is 7.89. The van der Waals surface area contributed by atoms with Crippen molar-refractivity contribution in [2.24, 2.45) is 0 Å². The predicted molar refractivity (Wildman–Crippen MR) is 78.7 cm³/mol. The van der Waals surface area contributed by atoms with Crippen molar-refractivity contribution in [3.8, 4) is 11.6 Å². The molecule has 1 fully saturated rings. The van der Waals surface area contributed by atoms with Gasteiger partial charge in [0.05, 0.1) is 6.20 Å². The third-order valence-electron chi connectivity index (χ3n) is 3.38. The summed E-state index contributed by atoms with van der Waals surface area (Å²) in [5.41, 5.74) is 0. The minimum absolute atomic E-state index is 0.213. The van der Waals surface area contributed by atoms with Gasteiger partial charge in [0.2, 0.25) is 15.9 Å². The van der Waals surface area contributed by atoms with Gasteiger partial charge in [-0.15, -0.1) is 0 Å². The Labute approximate surface area is 124 Å². The van der Waals surface area contributed by atoms with Crippen LogP contribution in [-0.4, -0.2) is 30.8 Å². The van der Waals surface area contributed by atoms with Crippen LogP contribution in [0.3, 0.4) is 0 Å². The van der Waals surface area contributed by atoms with Crippen LogP contribution in [0.2, 0.25) is 0 Å². The van der Waals surface area contributed by atoms with Crippen molar-refractivity contribution >= 4 is 10.0 Å². The highest BCUT2D eigenvalue weighted by atomic mass is 32.2. The number of benzene rings is 1. The first-order valence-electron chi connectivity index (χ1n) is 6.85. The summed E-state index contributed by atoms with van der Waals surface area (Å²) in [7, 11) is -3.41. The summed E-state index contributed by atoms with van der Waals surface area (Å²) in [6, 6.07) is 12.4. The van der Waals surface area contributed by atoms with Gasteiger partial charge < -0.3 is 4.74 Å². The number of aromatic nitrogens is 1. The van der Waals surface area contributed by atoms with Crippen molar-refractivity contribution in [2.75, 3.05) is 13.1 Å². The van der Waals surface area contributed by atoms with Crippen LogP contribution in [0.5, 0.6) is 11.6 Å². The Bertz CT molecular complexity index is 693. The zero-order valence-electron chi connectivity index (χ0n) is 11.5. The van der Waals surface area contributed by atoms with E-state index >= 15 is 0 Å². The number of pyridine rings is 1. The van der Waals surface area contributed by atoms with Crippen LogP contribution in [0.4, 0.5) is 0 Å². The number of sulfonamides is 1. The molecule has 1 aromatic carbocycles. The Kier molecular flexibility index (Phi) is 3.90. The van der Waals surface area contributed by atoms with E-state index in [2.05, 4.69) is 4.98 Å². The number of hydrogen-bond acceptors (Lipinski definition) is 4. The number of para-hydroxylation sites is 1. The summed E-state index contributed by atoms with van der Waals surface area (Å²) in [6.07, 6.45) is 3.19. The fourth-order valence-electron chi connectivity index (χ4n) is 2.27. The van der Waals surface area contributed by atoms with Gasteiger partial charge in [-0.25, -0.2) is 13.4 Å². The lowest BCUT2D eigenvalue weighted by Crippen LogP contribution is -2.27. The molecule has 0 atom stereocenters. The quantitative estimate of drug-likeness (QED) is 0.871. The molecule has 5 nitrogen and oxygen atoms in total. The van der Waals surface area contributed by atoms with Crippen LogP contribution in [0.15, 0.2) is 53.6 Å². The highest BCUT2D eigenvalue weighted by Crippen LogP contribution is 2.23. The molecule has 3 rings (SSSR count). The monoisotopic (exact) mass is 304 g/mol. The number of ether oxygens (including phenoxy) is 1. The predicted octanol–water partition coefficient (Wildman–Crippen LogP) is 2.66. The minimum atomic E-state index is -3.41. The molecule has 0 radical (unpaired) electrons. The average Bonchev–Trinajstić information content (AvgIpc) is 3.04. The van der Waals surface area contributed by atoms with E-state index in [4.69, 9.17) is 4.74 Å². The number of nitrogens with zero attached hydrogens (tertiary/aromatic N) is 2. The Hall–Kier alpha value is -1.92. The van der Waals surface area contributed by atoms with Crippen molar-refractivity contribution in [1.82, 2.24) is 9.29 Å². The number of hydrogen-bond donors (Lipinski definition) is 0. The Balaban J connectivity index is 1.78. The molecule has 0 spiro atoms. The maximum absolute atomic E-state index is 12.3. The normalized spacial score (nSPS) is 16.0. The van der Waals surface area contributed by atoms with Crippen LogP contribution >= 0.6 is 0 Å². The summed E-state index contributed by atoms with van der Waals surface area (Å²) in [6.45, 7) is 1.18. The second-order valence-electron chi connectivity index (χ2n) is 4.86. The van der Waals surface area contributed by atoms with E-state index < -0.39 is 10.0 Å². The lowest BCUT2D eigenvalue weighted by atomic mass is 10.3. The first-order chi connectivity index (χ1) is 10.2. The highest BCUT2D eigenvalue weighted by Gasteiger charge is 2.27. The van der Waals surface area contributed by atoms with Crippen LogP contribution in [0.1, 0.15) is 12.8 Å². The fourth-order valence-corrected chi connectivity index (χ4v) is 3.73. The van der Waals surface area contributed by atoms with E-state index in [1.165, 1.54) is 10.5 Å². The van der Waals surface area contributed by atoms with Gasteiger partial charge in [0, 0.05) is 19.2 Å². The largest absolute Gasteiger partial charge is 0.439 e. The third-order valence-corrected chi connectivity index (χ3v) is 5.26. The van der Waals surface area contributed by atoms with Crippen molar-refractivity contribution in [3.05, 3.63) is 48.7 Å². The standard InChI is InChI=1S/C15H16N2O3S/c18-21(19,17-10-4-5-11-17)14-8-9-15(16-12-14)20-13-6-2-1-3-7-13/h1-3,6-9,12H,4-5,10-11H2. The summed E-state index contributed by atoms with van der Waals surface area (Å²) in [4.78, 5) is 4.30.